The summed E-state index contributed by atoms with van der Waals surface area (Å²) in [5, 5.41) is 10.5. The third-order valence-electron chi connectivity index (χ3n) is 3.22. The second kappa shape index (κ2) is 8.28. The number of aliphatic imine (C=N–C) groups is 1. The van der Waals surface area contributed by atoms with Crippen LogP contribution < -0.4 is 10.6 Å². The SMILES string of the molecule is CCC(C)NC(=NCc1ccnn1C)NCC(=O)N(C)C. The van der Waals surface area contributed by atoms with Crippen molar-refractivity contribution >= 4 is 11.9 Å². The summed E-state index contributed by atoms with van der Waals surface area (Å²) in [5.74, 6) is 0.648. The molecule has 0 aromatic carbocycles. The lowest BCUT2D eigenvalue weighted by Gasteiger charge is -2.18. The highest BCUT2D eigenvalue weighted by atomic mass is 16.2. The van der Waals surface area contributed by atoms with Gasteiger partial charge in [0.1, 0.15) is 0 Å². The fourth-order valence-corrected chi connectivity index (χ4v) is 1.52. The quantitative estimate of drug-likeness (QED) is 0.586. The predicted molar refractivity (Wildman–Crippen MR) is 83.9 cm³/mol. The molecule has 0 spiro atoms. The Kier molecular flexibility index (Phi) is 6.71. The lowest BCUT2D eigenvalue weighted by Crippen LogP contribution is -2.45. The molecule has 1 aromatic rings. The van der Waals surface area contributed by atoms with Crippen LogP contribution in [0.4, 0.5) is 0 Å². The van der Waals surface area contributed by atoms with Crippen molar-refractivity contribution in [3.8, 4) is 0 Å². The molecule has 1 rings (SSSR count). The second-order valence-corrected chi connectivity index (χ2v) is 5.21. The predicted octanol–water partition coefficient (Wildman–Crippen LogP) is 0.342. The lowest BCUT2D eigenvalue weighted by molar-refractivity contribution is -0.127. The van der Waals surface area contributed by atoms with Gasteiger partial charge in [0.2, 0.25) is 5.91 Å². The fraction of sp³-hybridized carbons (Fsp3) is 0.643. The van der Waals surface area contributed by atoms with Crippen LogP contribution in [0, 0.1) is 0 Å². The molecule has 7 heteroatoms. The largest absolute Gasteiger partial charge is 0.354 e. The van der Waals surface area contributed by atoms with Crippen LogP contribution in [0.3, 0.4) is 0 Å². The minimum atomic E-state index is 0.00850. The van der Waals surface area contributed by atoms with E-state index in [1.807, 2.05) is 13.1 Å². The van der Waals surface area contributed by atoms with Gasteiger partial charge in [0.25, 0.3) is 0 Å². The third-order valence-corrected chi connectivity index (χ3v) is 3.22. The van der Waals surface area contributed by atoms with Gasteiger partial charge in [-0.3, -0.25) is 9.48 Å². The Bertz CT molecular complexity index is 480. The number of carbonyl (C=O) groups excluding carboxylic acids is 1. The molecule has 1 amide bonds. The number of amides is 1. The Morgan fingerprint density at radius 2 is 2.24 bits per heavy atom. The van der Waals surface area contributed by atoms with Crippen LogP contribution in [0.25, 0.3) is 0 Å². The zero-order valence-electron chi connectivity index (χ0n) is 13.6. The molecular formula is C14H26N6O. The van der Waals surface area contributed by atoms with E-state index in [1.165, 1.54) is 0 Å². The molecule has 0 fully saturated rings. The zero-order valence-corrected chi connectivity index (χ0v) is 13.6. The molecule has 1 atom stereocenters. The average molecular weight is 294 g/mol. The van der Waals surface area contributed by atoms with E-state index in [0.717, 1.165) is 12.1 Å². The van der Waals surface area contributed by atoms with Crippen LogP contribution in [-0.4, -0.2) is 53.2 Å². The van der Waals surface area contributed by atoms with Crippen LogP contribution in [0.15, 0.2) is 17.3 Å². The molecule has 0 bridgehead atoms. The smallest absolute Gasteiger partial charge is 0.241 e. The van der Waals surface area contributed by atoms with Crippen molar-refractivity contribution in [2.24, 2.45) is 12.0 Å². The van der Waals surface area contributed by atoms with Crippen molar-refractivity contribution < 1.29 is 4.79 Å². The summed E-state index contributed by atoms with van der Waals surface area (Å²) in [6, 6.07) is 2.22. The van der Waals surface area contributed by atoms with E-state index in [0.29, 0.717) is 12.5 Å². The van der Waals surface area contributed by atoms with E-state index >= 15 is 0 Å². The van der Waals surface area contributed by atoms with Crippen molar-refractivity contribution in [2.75, 3.05) is 20.6 Å². The molecule has 1 aromatic heterocycles. The van der Waals surface area contributed by atoms with Gasteiger partial charge in [-0.2, -0.15) is 5.10 Å². The Morgan fingerprint density at radius 3 is 2.76 bits per heavy atom. The van der Waals surface area contributed by atoms with Gasteiger partial charge in [0.05, 0.1) is 18.8 Å². The standard InChI is InChI=1S/C14H26N6O/c1-6-11(2)18-14(16-10-13(21)19(3)4)15-9-12-7-8-17-20(12)5/h7-8,11H,6,9-10H2,1-5H3,(H2,15,16,18). The number of nitrogens with zero attached hydrogens (tertiary/aromatic N) is 4. The number of hydrogen-bond acceptors (Lipinski definition) is 3. The first-order valence-electron chi connectivity index (χ1n) is 7.16. The zero-order chi connectivity index (χ0) is 15.8. The van der Waals surface area contributed by atoms with Gasteiger partial charge in [-0.25, -0.2) is 4.99 Å². The number of nitrogens with one attached hydrogen (secondary N) is 2. The molecule has 0 saturated carbocycles. The molecule has 0 aliphatic carbocycles. The Balaban J connectivity index is 2.67. The number of hydrogen-bond donors (Lipinski definition) is 2. The first kappa shape index (κ1) is 17.0. The van der Waals surface area contributed by atoms with Crippen LogP contribution in [0.1, 0.15) is 26.0 Å². The monoisotopic (exact) mass is 294 g/mol. The molecule has 0 aliphatic heterocycles. The number of carbonyl (C=O) groups is 1. The van der Waals surface area contributed by atoms with E-state index < -0.39 is 0 Å². The summed E-state index contributed by atoms with van der Waals surface area (Å²) in [7, 11) is 5.35. The highest BCUT2D eigenvalue weighted by Gasteiger charge is 2.08. The average Bonchev–Trinajstić information content (AvgIpc) is 2.86. The maximum absolute atomic E-state index is 11.7. The second-order valence-electron chi connectivity index (χ2n) is 5.21. The Labute approximate surface area is 126 Å². The van der Waals surface area contributed by atoms with Gasteiger partial charge in [0, 0.05) is 33.4 Å². The van der Waals surface area contributed by atoms with Crippen molar-refractivity contribution in [1.29, 1.82) is 0 Å². The summed E-state index contributed by atoms with van der Waals surface area (Å²) in [6.07, 6.45) is 2.73. The molecule has 2 N–H and O–H groups in total. The normalized spacial score (nSPS) is 12.9. The molecule has 118 valence electrons. The first-order valence-corrected chi connectivity index (χ1v) is 7.16. The number of guanidine groups is 1. The third kappa shape index (κ3) is 5.85. The Morgan fingerprint density at radius 1 is 1.52 bits per heavy atom. The fourth-order valence-electron chi connectivity index (χ4n) is 1.52. The molecule has 21 heavy (non-hydrogen) atoms. The number of aryl methyl sites for hydroxylation is 1. The lowest BCUT2D eigenvalue weighted by atomic mass is 10.3. The first-order chi connectivity index (χ1) is 9.93. The van der Waals surface area contributed by atoms with Gasteiger partial charge < -0.3 is 15.5 Å². The van der Waals surface area contributed by atoms with Gasteiger partial charge in [0.15, 0.2) is 5.96 Å². The topological polar surface area (TPSA) is 74.5 Å². The summed E-state index contributed by atoms with van der Waals surface area (Å²) in [5.41, 5.74) is 1.01. The molecule has 0 aliphatic rings. The highest BCUT2D eigenvalue weighted by molar-refractivity contribution is 5.86. The molecular weight excluding hydrogens is 268 g/mol. The van der Waals surface area contributed by atoms with Gasteiger partial charge in [-0.1, -0.05) is 6.92 Å². The summed E-state index contributed by atoms with van der Waals surface area (Å²) >= 11 is 0. The van der Waals surface area contributed by atoms with E-state index in [2.05, 4.69) is 34.6 Å². The van der Waals surface area contributed by atoms with E-state index in [1.54, 1.807) is 29.9 Å². The van der Waals surface area contributed by atoms with E-state index in [4.69, 9.17) is 0 Å². The molecule has 1 heterocycles. The summed E-state index contributed by atoms with van der Waals surface area (Å²) < 4.78 is 1.79. The Hall–Kier alpha value is -2.05. The van der Waals surface area contributed by atoms with Gasteiger partial charge in [-0.15, -0.1) is 0 Å². The minimum absolute atomic E-state index is 0.00850. The van der Waals surface area contributed by atoms with Crippen molar-refractivity contribution in [2.45, 2.75) is 32.9 Å². The van der Waals surface area contributed by atoms with Gasteiger partial charge in [-0.05, 0) is 19.4 Å². The maximum Gasteiger partial charge on any atom is 0.241 e. The van der Waals surface area contributed by atoms with E-state index in [9.17, 15) is 4.79 Å². The minimum Gasteiger partial charge on any atom is -0.354 e. The van der Waals surface area contributed by atoms with Crippen molar-refractivity contribution in [3.05, 3.63) is 18.0 Å². The summed E-state index contributed by atoms with van der Waals surface area (Å²) in [4.78, 5) is 17.7. The maximum atomic E-state index is 11.7. The number of rotatable bonds is 6. The highest BCUT2D eigenvalue weighted by Crippen LogP contribution is 1.98. The number of likely N-dealkylation sites (N-methyl/N-ethyl adjacent to an activating group) is 1. The van der Waals surface area contributed by atoms with Crippen molar-refractivity contribution in [1.82, 2.24) is 25.3 Å². The van der Waals surface area contributed by atoms with Crippen LogP contribution in [0.2, 0.25) is 0 Å². The summed E-state index contributed by atoms with van der Waals surface area (Å²) in [6.45, 7) is 4.91. The molecule has 0 radical (unpaired) electrons. The number of aromatic nitrogens is 2. The van der Waals surface area contributed by atoms with Crippen LogP contribution in [-0.2, 0) is 18.4 Å². The van der Waals surface area contributed by atoms with Crippen LogP contribution in [0.5, 0.6) is 0 Å². The molecule has 7 nitrogen and oxygen atoms in total. The molecule has 1 unspecified atom stereocenters. The van der Waals surface area contributed by atoms with E-state index in [-0.39, 0.29) is 18.5 Å². The molecule has 0 saturated heterocycles. The van der Waals surface area contributed by atoms with Gasteiger partial charge >= 0.3 is 0 Å². The van der Waals surface area contributed by atoms with Crippen molar-refractivity contribution in [3.63, 3.8) is 0 Å². The van der Waals surface area contributed by atoms with Crippen LogP contribution >= 0.6 is 0 Å².